The fourth-order valence-electron chi connectivity index (χ4n) is 1.15. The highest BCUT2D eigenvalue weighted by Crippen LogP contribution is 2.07. The topological polar surface area (TPSA) is 158 Å². The molecule has 2 heterocycles. The molecular weight excluding hydrogens is 276 g/mol. The van der Waals surface area contributed by atoms with Crippen LogP contribution >= 0.6 is 11.0 Å². The van der Waals surface area contributed by atoms with Crippen LogP contribution in [0, 0.1) is 0 Å². The molecule has 2 aromatic rings. The Balaban J connectivity index is 2.86. The van der Waals surface area contributed by atoms with Crippen LogP contribution in [-0.4, -0.2) is 31.9 Å². The highest BCUT2D eigenvalue weighted by atomic mass is 33.2. The third kappa shape index (κ3) is 2.17. The molecule has 0 saturated carbocycles. The lowest BCUT2D eigenvalue weighted by atomic mass is 10.5. The molecule has 0 aliphatic rings. The second-order valence-electron chi connectivity index (χ2n) is 2.86. The van der Waals surface area contributed by atoms with Crippen LogP contribution in [0.1, 0.15) is 0 Å². The molecular formula is C5H4N4O6S2. The van der Waals surface area contributed by atoms with Crippen LogP contribution in [0.15, 0.2) is 14.4 Å². The SMILES string of the molecule is O=c1[nH]c2[nH]c(=O)n(SS(=O)(=O)O)c(=O)c2[nH]1. The van der Waals surface area contributed by atoms with Crippen molar-refractivity contribution in [1.29, 1.82) is 0 Å². The summed E-state index contributed by atoms with van der Waals surface area (Å²) >= 11 is 0. The quantitative estimate of drug-likeness (QED) is 0.366. The van der Waals surface area contributed by atoms with Crippen LogP contribution in [0.2, 0.25) is 0 Å². The van der Waals surface area contributed by atoms with Crippen molar-refractivity contribution in [2.45, 2.75) is 0 Å². The molecule has 10 nitrogen and oxygen atoms in total. The molecule has 0 bridgehead atoms. The Kier molecular flexibility index (Phi) is 2.48. The average molecular weight is 280 g/mol. The molecule has 0 atom stereocenters. The van der Waals surface area contributed by atoms with Gasteiger partial charge in [0.05, 0.1) is 0 Å². The maximum absolute atomic E-state index is 11.6. The second kappa shape index (κ2) is 3.61. The Morgan fingerprint density at radius 2 is 1.76 bits per heavy atom. The number of hydrogen-bond donors (Lipinski definition) is 4. The van der Waals surface area contributed by atoms with E-state index in [0.29, 0.717) is 0 Å². The summed E-state index contributed by atoms with van der Waals surface area (Å²) in [5.74, 6) is 0. The van der Waals surface area contributed by atoms with Crippen LogP contribution < -0.4 is 16.9 Å². The minimum Gasteiger partial charge on any atom is -0.300 e. The van der Waals surface area contributed by atoms with Crippen molar-refractivity contribution in [2.24, 2.45) is 0 Å². The van der Waals surface area contributed by atoms with Gasteiger partial charge in [-0.05, 0) is 0 Å². The molecule has 2 aromatic heterocycles. The number of imidazole rings is 1. The van der Waals surface area contributed by atoms with Gasteiger partial charge in [-0.3, -0.25) is 24.3 Å². The molecule has 12 heteroatoms. The summed E-state index contributed by atoms with van der Waals surface area (Å²) in [5, 5.41) is 0. The Bertz CT molecular complexity index is 851. The summed E-state index contributed by atoms with van der Waals surface area (Å²) < 4.78 is 29.9. The zero-order valence-electron chi connectivity index (χ0n) is 7.75. The standard InChI is InChI=1S/C5H4N4O6S2/c10-3-1-2(7-4(11)6-1)8-5(12)9(3)16-17(13,14)15/h(H,8,12)(H2,6,7,11)(H,13,14,15). The lowest BCUT2D eigenvalue weighted by molar-refractivity contribution is 0.502. The Hall–Kier alpha value is -1.79. The van der Waals surface area contributed by atoms with E-state index in [1.807, 2.05) is 0 Å². The van der Waals surface area contributed by atoms with Crippen molar-refractivity contribution < 1.29 is 13.0 Å². The molecule has 0 fully saturated rings. The molecule has 0 aliphatic heterocycles. The van der Waals surface area contributed by atoms with Gasteiger partial charge in [0.25, 0.3) is 5.56 Å². The third-order valence-electron chi connectivity index (χ3n) is 1.71. The van der Waals surface area contributed by atoms with E-state index in [4.69, 9.17) is 4.55 Å². The van der Waals surface area contributed by atoms with Gasteiger partial charge >= 0.3 is 20.5 Å². The van der Waals surface area contributed by atoms with E-state index < -0.39 is 26.1 Å². The zero-order valence-corrected chi connectivity index (χ0v) is 9.39. The van der Waals surface area contributed by atoms with E-state index in [2.05, 4.69) is 15.0 Å². The van der Waals surface area contributed by atoms with Crippen LogP contribution in [0.25, 0.3) is 11.2 Å². The second-order valence-corrected chi connectivity index (χ2v) is 5.94. The highest BCUT2D eigenvalue weighted by molar-refractivity contribution is 8.69. The fourth-order valence-corrected chi connectivity index (χ4v) is 2.58. The number of aromatic amines is 3. The molecule has 0 saturated heterocycles. The summed E-state index contributed by atoms with van der Waals surface area (Å²) in [6, 6.07) is 0. The van der Waals surface area contributed by atoms with Crippen LogP contribution in [0.5, 0.6) is 0 Å². The van der Waals surface area contributed by atoms with Gasteiger partial charge in [-0.25, -0.2) is 9.59 Å². The fraction of sp³-hybridized carbons (Fsp3) is 0. The van der Waals surface area contributed by atoms with E-state index >= 15 is 0 Å². The maximum Gasteiger partial charge on any atom is 0.341 e. The predicted octanol–water partition coefficient (Wildman–Crippen LogP) is -1.99. The van der Waals surface area contributed by atoms with E-state index in [1.54, 1.807) is 0 Å². The Morgan fingerprint density at radius 1 is 1.12 bits per heavy atom. The van der Waals surface area contributed by atoms with Crippen molar-refractivity contribution in [3.63, 3.8) is 0 Å². The summed E-state index contributed by atoms with van der Waals surface area (Å²) in [6.45, 7) is 0. The Morgan fingerprint density at radius 3 is 2.35 bits per heavy atom. The lowest BCUT2D eigenvalue weighted by Crippen LogP contribution is -2.32. The van der Waals surface area contributed by atoms with Crippen LogP contribution in [0.3, 0.4) is 0 Å². The summed E-state index contributed by atoms with van der Waals surface area (Å²) in [6.07, 6.45) is 0. The zero-order chi connectivity index (χ0) is 12.8. The monoisotopic (exact) mass is 280 g/mol. The van der Waals surface area contributed by atoms with E-state index in [0.717, 1.165) is 0 Å². The highest BCUT2D eigenvalue weighted by Gasteiger charge is 2.16. The lowest BCUT2D eigenvalue weighted by Gasteiger charge is -1.98. The molecule has 0 aromatic carbocycles. The molecule has 0 radical (unpaired) electrons. The predicted molar refractivity (Wildman–Crippen MR) is 58.3 cm³/mol. The van der Waals surface area contributed by atoms with Crippen LogP contribution in [-0.2, 0) is 9.15 Å². The summed E-state index contributed by atoms with van der Waals surface area (Å²) in [4.78, 5) is 40.1. The van der Waals surface area contributed by atoms with Crippen LogP contribution in [0.4, 0.5) is 0 Å². The number of hydrogen-bond acceptors (Lipinski definition) is 6. The first-order chi connectivity index (χ1) is 7.78. The van der Waals surface area contributed by atoms with E-state index in [1.165, 1.54) is 0 Å². The van der Waals surface area contributed by atoms with Crippen molar-refractivity contribution in [3.05, 3.63) is 31.3 Å². The first-order valence-electron chi connectivity index (χ1n) is 3.92. The van der Waals surface area contributed by atoms with Crippen molar-refractivity contribution in [2.75, 3.05) is 0 Å². The number of rotatable bonds is 2. The van der Waals surface area contributed by atoms with Crippen molar-refractivity contribution in [1.82, 2.24) is 18.9 Å². The summed E-state index contributed by atoms with van der Waals surface area (Å²) in [5.41, 5.74) is -3.35. The number of H-pyrrole nitrogens is 3. The summed E-state index contributed by atoms with van der Waals surface area (Å²) in [7, 11) is -5.00. The Labute approximate surface area is 95.0 Å². The van der Waals surface area contributed by atoms with Gasteiger partial charge in [0, 0.05) is 0 Å². The maximum atomic E-state index is 11.6. The smallest absolute Gasteiger partial charge is 0.300 e. The molecule has 92 valence electrons. The first-order valence-corrected chi connectivity index (χ1v) is 6.66. The van der Waals surface area contributed by atoms with Gasteiger partial charge in [0.2, 0.25) is 0 Å². The van der Waals surface area contributed by atoms with Crippen molar-refractivity contribution in [3.8, 4) is 0 Å². The molecule has 2 rings (SSSR count). The molecule has 4 N–H and O–H groups in total. The largest absolute Gasteiger partial charge is 0.341 e. The van der Waals surface area contributed by atoms with Gasteiger partial charge in [0.1, 0.15) is 16.6 Å². The molecule has 0 amide bonds. The van der Waals surface area contributed by atoms with Gasteiger partial charge in [-0.15, -0.1) is 0 Å². The first kappa shape index (κ1) is 11.7. The average Bonchev–Trinajstić information content (AvgIpc) is 2.52. The molecule has 17 heavy (non-hydrogen) atoms. The molecule has 0 spiro atoms. The molecule has 0 aliphatic carbocycles. The van der Waals surface area contributed by atoms with E-state index in [9.17, 15) is 22.8 Å². The van der Waals surface area contributed by atoms with E-state index in [-0.39, 0.29) is 26.1 Å². The number of aromatic nitrogens is 4. The van der Waals surface area contributed by atoms with Gasteiger partial charge in [-0.2, -0.15) is 12.4 Å². The van der Waals surface area contributed by atoms with Gasteiger partial charge < -0.3 is 0 Å². The third-order valence-corrected chi connectivity index (χ3v) is 3.39. The number of nitrogens with zero attached hydrogens (tertiary/aromatic N) is 1. The van der Waals surface area contributed by atoms with Gasteiger partial charge in [0.15, 0.2) is 5.52 Å². The minimum absolute atomic E-state index is 0.155. The van der Waals surface area contributed by atoms with Gasteiger partial charge in [-0.1, -0.05) is 0 Å². The minimum atomic E-state index is -4.63. The normalized spacial score (nSPS) is 12.1. The molecule has 0 unspecified atom stereocenters. The number of fused-ring (bicyclic) bond motifs is 1. The number of nitrogens with one attached hydrogen (secondary N) is 3. The van der Waals surface area contributed by atoms with Crippen molar-refractivity contribution >= 4 is 31.3 Å².